The Labute approximate surface area is 158 Å². The Morgan fingerprint density at radius 1 is 1.19 bits per heavy atom. The van der Waals surface area contributed by atoms with Crippen LogP contribution in [-0.4, -0.2) is 43.6 Å². The van der Waals surface area contributed by atoms with Crippen LogP contribution in [-0.2, 0) is 7.05 Å². The van der Waals surface area contributed by atoms with E-state index in [-0.39, 0.29) is 11.7 Å². The fourth-order valence-corrected chi connectivity index (χ4v) is 3.59. The summed E-state index contributed by atoms with van der Waals surface area (Å²) in [6.07, 6.45) is 7.20. The Bertz CT molecular complexity index is 952. The zero-order chi connectivity index (χ0) is 18.8. The van der Waals surface area contributed by atoms with Crippen molar-refractivity contribution in [1.29, 1.82) is 0 Å². The number of aryl methyl sites for hydroxylation is 2. The summed E-state index contributed by atoms with van der Waals surface area (Å²) in [6.45, 7) is 3.44. The van der Waals surface area contributed by atoms with Crippen LogP contribution in [0.5, 0.6) is 0 Å². The van der Waals surface area contributed by atoms with Crippen molar-refractivity contribution >= 4 is 11.7 Å². The predicted octanol–water partition coefficient (Wildman–Crippen LogP) is 2.68. The van der Waals surface area contributed by atoms with Gasteiger partial charge in [0, 0.05) is 50.2 Å². The van der Waals surface area contributed by atoms with E-state index in [0.29, 0.717) is 18.2 Å². The van der Waals surface area contributed by atoms with E-state index >= 15 is 0 Å². The number of hydrogen-bond donors (Lipinski definition) is 0. The molecule has 0 saturated carbocycles. The topological polar surface area (TPSA) is 76.8 Å². The van der Waals surface area contributed by atoms with Crippen molar-refractivity contribution in [2.75, 3.05) is 18.0 Å². The average molecular weight is 362 g/mol. The van der Waals surface area contributed by atoms with E-state index in [1.165, 1.54) is 0 Å². The summed E-state index contributed by atoms with van der Waals surface area (Å²) < 4.78 is 1.79. The number of aromatic nitrogens is 5. The van der Waals surface area contributed by atoms with Gasteiger partial charge in [-0.1, -0.05) is 6.07 Å². The molecule has 3 aromatic rings. The van der Waals surface area contributed by atoms with Crippen LogP contribution in [0, 0.1) is 12.8 Å². The quantitative estimate of drug-likeness (QED) is 0.664. The molecular formula is C20H22N6O. The van der Waals surface area contributed by atoms with Crippen LogP contribution in [0.25, 0.3) is 11.3 Å². The molecule has 0 bridgehead atoms. The lowest BCUT2D eigenvalue weighted by Gasteiger charge is -2.32. The highest BCUT2D eigenvalue weighted by atomic mass is 16.1. The molecule has 1 aliphatic heterocycles. The van der Waals surface area contributed by atoms with Crippen LogP contribution in [0.2, 0.25) is 0 Å². The molecule has 7 heteroatoms. The van der Waals surface area contributed by atoms with E-state index in [9.17, 15) is 4.79 Å². The molecule has 4 rings (SSSR count). The zero-order valence-corrected chi connectivity index (χ0v) is 15.5. The molecule has 7 nitrogen and oxygen atoms in total. The molecule has 1 atom stereocenters. The molecule has 3 aromatic heterocycles. The van der Waals surface area contributed by atoms with E-state index in [1.807, 2.05) is 38.4 Å². The number of hydrogen-bond acceptors (Lipinski definition) is 6. The Morgan fingerprint density at radius 2 is 2.07 bits per heavy atom. The third-order valence-corrected chi connectivity index (χ3v) is 4.92. The van der Waals surface area contributed by atoms with Crippen LogP contribution in [0.4, 0.5) is 5.95 Å². The van der Waals surface area contributed by atoms with Crippen molar-refractivity contribution in [3.05, 3.63) is 54.2 Å². The third kappa shape index (κ3) is 3.58. The molecule has 0 unspecified atom stereocenters. The van der Waals surface area contributed by atoms with Gasteiger partial charge in [-0.05, 0) is 38.0 Å². The molecule has 27 heavy (non-hydrogen) atoms. The Morgan fingerprint density at radius 3 is 2.81 bits per heavy atom. The molecule has 1 saturated heterocycles. The number of piperidine rings is 1. The Hall–Kier alpha value is -3.09. The highest BCUT2D eigenvalue weighted by Crippen LogP contribution is 2.26. The molecule has 138 valence electrons. The first-order valence-corrected chi connectivity index (χ1v) is 9.15. The van der Waals surface area contributed by atoms with Gasteiger partial charge in [-0.15, -0.1) is 0 Å². The molecule has 1 aliphatic rings. The Balaban J connectivity index is 1.56. The van der Waals surface area contributed by atoms with Gasteiger partial charge in [0.25, 0.3) is 0 Å². The molecule has 0 aromatic carbocycles. The van der Waals surface area contributed by atoms with Gasteiger partial charge < -0.3 is 4.90 Å². The summed E-state index contributed by atoms with van der Waals surface area (Å²) in [5.74, 6) is 0.676. The van der Waals surface area contributed by atoms with Crippen LogP contribution in [0.1, 0.15) is 29.0 Å². The number of ketones is 1. The minimum absolute atomic E-state index is 0.0824. The Kier molecular flexibility index (Phi) is 4.66. The van der Waals surface area contributed by atoms with Crippen molar-refractivity contribution < 1.29 is 4.79 Å². The summed E-state index contributed by atoms with van der Waals surface area (Å²) in [5.41, 5.74) is 3.32. The van der Waals surface area contributed by atoms with E-state index in [2.05, 4.69) is 20.0 Å². The van der Waals surface area contributed by atoms with Crippen LogP contribution in [0.15, 0.2) is 42.9 Å². The van der Waals surface area contributed by atoms with Crippen LogP contribution >= 0.6 is 0 Å². The van der Waals surface area contributed by atoms with E-state index in [1.54, 1.807) is 23.1 Å². The molecule has 1 fully saturated rings. The molecule has 4 heterocycles. The van der Waals surface area contributed by atoms with Crippen molar-refractivity contribution in [1.82, 2.24) is 24.7 Å². The first-order valence-electron chi connectivity index (χ1n) is 9.15. The lowest BCUT2D eigenvalue weighted by molar-refractivity contribution is 0.0901. The lowest BCUT2D eigenvalue weighted by atomic mass is 9.92. The van der Waals surface area contributed by atoms with Gasteiger partial charge in [0.2, 0.25) is 5.95 Å². The van der Waals surface area contributed by atoms with Crippen molar-refractivity contribution in [3.63, 3.8) is 0 Å². The summed E-state index contributed by atoms with van der Waals surface area (Å²) >= 11 is 0. The summed E-state index contributed by atoms with van der Waals surface area (Å²) in [7, 11) is 1.90. The predicted molar refractivity (Wildman–Crippen MR) is 102 cm³/mol. The fourth-order valence-electron chi connectivity index (χ4n) is 3.59. The van der Waals surface area contributed by atoms with E-state index in [0.717, 1.165) is 36.3 Å². The normalized spacial score (nSPS) is 17.1. The number of carbonyl (C=O) groups excluding carboxylic acids is 1. The van der Waals surface area contributed by atoms with Gasteiger partial charge in [0.05, 0.1) is 11.4 Å². The second-order valence-corrected chi connectivity index (χ2v) is 6.91. The number of Topliss-reactive ketones (excluding diaryl/α,β-unsaturated/α-hetero) is 1. The zero-order valence-electron chi connectivity index (χ0n) is 15.5. The van der Waals surface area contributed by atoms with Gasteiger partial charge in [-0.25, -0.2) is 9.97 Å². The van der Waals surface area contributed by atoms with Gasteiger partial charge in [-0.3, -0.25) is 14.5 Å². The van der Waals surface area contributed by atoms with Crippen LogP contribution in [0.3, 0.4) is 0 Å². The first-order chi connectivity index (χ1) is 13.1. The van der Waals surface area contributed by atoms with E-state index < -0.39 is 0 Å². The minimum Gasteiger partial charge on any atom is -0.340 e. The van der Waals surface area contributed by atoms with Gasteiger partial charge >= 0.3 is 0 Å². The second kappa shape index (κ2) is 7.26. The maximum Gasteiger partial charge on any atom is 0.225 e. The van der Waals surface area contributed by atoms with Gasteiger partial charge in [-0.2, -0.15) is 5.10 Å². The summed E-state index contributed by atoms with van der Waals surface area (Å²) in [5, 5.41) is 4.39. The number of anilines is 1. The van der Waals surface area contributed by atoms with Crippen molar-refractivity contribution in [2.24, 2.45) is 13.0 Å². The SMILES string of the molecule is Cc1nn(C)cc1-c1ccnc(N2CCC[C@H](C(=O)c3ccccn3)C2)n1. The molecule has 0 N–H and O–H groups in total. The largest absolute Gasteiger partial charge is 0.340 e. The highest BCUT2D eigenvalue weighted by molar-refractivity contribution is 5.96. The number of carbonyl (C=O) groups is 1. The number of nitrogens with zero attached hydrogens (tertiary/aromatic N) is 6. The maximum atomic E-state index is 12.8. The number of pyridine rings is 1. The third-order valence-electron chi connectivity index (χ3n) is 4.92. The highest BCUT2D eigenvalue weighted by Gasteiger charge is 2.28. The van der Waals surface area contributed by atoms with Crippen molar-refractivity contribution in [2.45, 2.75) is 19.8 Å². The minimum atomic E-state index is -0.0824. The van der Waals surface area contributed by atoms with E-state index in [4.69, 9.17) is 4.98 Å². The maximum absolute atomic E-state index is 12.8. The summed E-state index contributed by atoms with van der Waals surface area (Å²) in [4.78, 5) is 28.3. The first kappa shape index (κ1) is 17.3. The number of rotatable bonds is 4. The van der Waals surface area contributed by atoms with Gasteiger partial charge in [0.1, 0.15) is 5.69 Å². The standard InChI is InChI=1S/C20H22N6O/c1-14-16(13-25(2)24-14)17-8-10-22-20(23-17)26-11-5-6-15(12-26)19(27)18-7-3-4-9-21-18/h3-4,7-10,13,15H,5-6,11-12H2,1-2H3/t15-/m0/s1. The van der Waals surface area contributed by atoms with Gasteiger partial charge in [0.15, 0.2) is 5.78 Å². The summed E-state index contributed by atoms with van der Waals surface area (Å²) in [6, 6.07) is 7.35. The molecule has 0 aliphatic carbocycles. The molecule has 0 spiro atoms. The van der Waals surface area contributed by atoms with Crippen molar-refractivity contribution in [3.8, 4) is 11.3 Å². The monoisotopic (exact) mass is 362 g/mol. The fraction of sp³-hybridized carbons (Fsp3) is 0.350. The molecular weight excluding hydrogens is 340 g/mol. The molecule has 0 radical (unpaired) electrons. The second-order valence-electron chi connectivity index (χ2n) is 6.91. The lowest BCUT2D eigenvalue weighted by Crippen LogP contribution is -2.39. The molecule has 0 amide bonds. The smallest absolute Gasteiger partial charge is 0.225 e. The average Bonchev–Trinajstić information content (AvgIpc) is 3.06. The van der Waals surface area contributed by atoms with Crippen LogP contribution < -0.4 is 4.90 Å².